The van der Waals surface area contributed by atoms with Gasteiger partial charge in [0.15, 0.2) is 0 Å². The molecule has 0 saturated carbocycles. The van der Waals surface area contributed by atoms with Crippen LogP contribution in [0.3, 0.4) is 0 Å². The van der Waals surface area contributed by atoms with Crippen LogP contribution in [0.1, 0.15) is 19.4 Å². The number of rotatable bonds is 4. The Morgan fingerprint density at radius 2 is 2.00 bits per heavy atom. The first-order valence-corrected chi connectivity index (χ1v) is 5.63. The van der Waals surface area contributed by atoms with Crippen molar-refractivity contribution < 1.29 is 22.7 Å². The van der Waals surface area contributed by atoms with E-state index in [-0.39, 0.29) is 12.5 Å². The van der Waals surface area contributed by atoms with Gasteiger partial charge in [-0.3, -0.25) is 9.59 Å². The quantitative estimate of drug-likeness (QED) is 0.791. The van der Waals surface area contributed by atoms with Crippen LogP contribution in [0, 0.1) is 5.92 Å². The number of ether oxygens (including phenoxy) is 1. The third-order valence-corrected chi connectivity index (χ3v) is 2.19. The third-order valence-electron chi connectivity index (χ3n) is 2.19. The zero-order valence-electron chi connectivity index (χ0n) is 10.5. The molecule has 0 amide bonds. The molecule has 0 aliphatic carbocycles. The van der Waals surface area contributed by atoms with Crippen molar-refractivity contribution in [2.75, 3.05) is 6.61 Å². The van der Waals surface area contributed by atoms with Gasteiger partial charge in [-0.05, 0) is 12.0 Å². The molecule has 0 radical (unpaired) electrons. The molecule has 1 rings (SSSR count). The van der Waals surface area contributed by atoms with Gasteiger partial charge in [0, 0.05) is 12.3 Å². The first kappa shape index (κ1) is 15.3. The molecular formula is C12H14F3NO3. The minimum Gasteiger partial charge on any atom is -0.464 e. The maximum absolute atomic E-state index is 12.5. The van der Waals surface area contributed by atoms with Gasteiger partial charge in [0.1, 0.15) is 6.54 Å². The first-order valence-electron chi connectivity index (χ1n) is 5.63. The van der Waals surface area contributed by atoms with E-state index in [1.165, 1.54) is 0 Å². The number of hydrogen-bond donors (Lipinski definition) is 0. The highest BCUT2D eigenvalue weighted by molar-refractivity contribution is 5.69. The summed E-state index contributed by atoms with van der Waals surface area (Å²) in [5, 5.41) is 0. The normalized spacial score (nSPS) is 11.7. The van der Waals surface area contributed by atoms with Crippen molar-refractivity contribution in [1.29, 1.82) is 0 Å². The zero-order chi connectivity index (χ0) is 14.6. The summed E-state index contributed by atoms with van der Waals surface area (Å²) in [4.78, 5) is 22.7. The number of carbonyl (C=O) groups excluding carboxylic acids is 1. The highest BCUT2D eigenvalue weighted by atomic mass is 19.4. The Labute approximate surface area is 107 Å². The summed E-state index contributed by atoms with van der Waals surface area (Å²) in [5.41, 5.74) is -1.67. The molecule has 0 N–H and O–H groups in total. The number of halogens is 3. The lowest BCUT2D eigenvalue weighted by Crippen LogP contribution is -2.26. The number of carbonyl (C=O) groups is 1. The Morgan fingerprint density at radius 3 is 2.53 bits per heavy atom. The monoisotopic (exact) mass is 277 g/mol. The van der Waals surface area contributed by atoms with Crippen LogP contribution in [-0.2, 0) is 22.3 Å². The average Bonchev–Trinajstić information content (AvgIpc) is 2.28. The molecule has 0 aliphatic heterocycles. The van der Waals surface area contributed by atoms with E-state index in [0.717, 1.165) is 6.07 Å². The van der Waals surface area contributed by atoms with Crippen LogP contribution >= 0.6 is 0 Å². The van der Waals surface area contributed by atoms with Crippen LogP contribution in [0.4, 0.5) is 13.2 Å². The van der Waals surface area contributed by atoms with Crippen LogP contribution in [0.5, 0.6) is 0 Å². The average molecular weight is 277 g/mol. The summed E-state index contributed by atoms with van der Waals surface area (Å²) in [7, 11) is 0. The lowest BCUT2D eigenvalue weighted by molar-refractivity contribution is -0.146. The second-order valence-electron chi connectivity index (χ2n) is 4.46. The SMILES string of the molecule is CC(C)COC(=O)Cn1cc(C(F)(F)F)ccc1=O. The van der Waals surface area contributed by atoms with Crippen molar-refractivity contribution in [3.8, 4) is 0 Å². The van der Waals surface area contributed by atoms with Gasteiger partial charge < -0.3 is 9.30 Å². The summed E-state index contributed by atoms with van der Waals surface area (Å²) in [6.45, 7) is 3.27. The molecule has 7 heteroatoms. The number of alkyl halides is 3. The second-order valence-corrected chi connectivity index (χ2v) is 4.46. The molecule has 1 heterocycles. The molecule has 1 aromatic rings. The van der Waals surface area contributed by atoms with Gasteiger partial charge >= 0.3 is 12.1 Å². The summed E-state index contributed by atoms with van der Waals surface area (Å²) in [5.74, 6) is -0.627. The Balaban J connectivity index is 2.83. The van der Waals surface area contributed by atoms with Crippen molar-refractivity contribution in [1.82, 2.24) is 4.57 Å². The van der Waals surface area contributed by atoms with E-state index in [0.29, 0.717) is 16.8 Å². The van der Waals surface area contributed by atoms with Crippen LogP contribution in [0.25, 0.3) is 0 Å². The summed E-state index contributed by atoms with van der Waals surface area (Å²) < 4.78 is 42.9. The van der Waals surface area contributed by atoms with Crippen LogP contribution in [-0.4, -0.2) is 17.1 Å². The molecule has 4 nitrogen and oxygen atoms in total. The van der Waals surface area contributed by atoms with E-state index >= 15 is 0 Å². The fourth-order valence-corrected chi connectivity index (χ4v) is 1.27. The Morgan fingerprint density at radius 1 is 1.37 bits per heavy atom. The number of aromatic nitrogens is 1. The van der Waals surface area contributed by atoms with E-state index < -0.39 is 29.8 Å². The van der Waals surface area contributed by atoms with Crippen LogP contribution in [0.2, 0.25) is 0 Å². The number of hydrogen-bond acceptors (Lipinski definition) is 3. The van der Waals surface area contributed by atoms with Crippen molar-refractivity contribution in [2.24, 2.45) is 5.92 Å². The zero-order valence-corrected chi connectivity index (χ0v) is 10.5. The molecule has 1 aromatic heterocycles. The standard InChI is InChI=1S/C12H14F3NO3/c1-8(2)7-19-11(18)6-16-5-9(12(13,14)15)3-4-10(16)17/h3-5,8H,6-7H2,1-2H3. The Kier molecular flexibility index (Phi) is 4.74. The summed E-state index contributed by atoms with van der Waals surface area (Å²) in [6.07, 6.45) is -3.95. The molecule has 0 bridgehead atoms. The van der Waals surface area contributed by atoms with Gasteiger partial charge in [-0.2, -0.15) is 13.2 Å². The fourth-order valence-electron chi connectivity index (χ4n) is 1.27. The fraction of sp³-hybridized carbons (Fsp3) is 0.500. The smallest absolute Gasteiger partial charge is 0.417 e. The third kappa shape index (κ3) is 4.76. The second kappa shape index (κ2) is 5.90. The van der Waals surface area contributed by atoms with Gasteiger partial charge in [-0.1, -0.05) is 13.8 Å². The molecule has 0 fully saturated rings. The molecule has 106 valence electrons. The Hall–Kier alpha value is -1.79. The number of nitrogens with zero attached hydrogens (tertiary/aromatic N) is 1. The molecule has 0 saturated heterocycles. The van der Waals surface area contributed by atoms with Gasteiger partial charge in [-0.15, -0.1) is 0 Å². The summed E-state index contributed by atoms with van der Waals surface area (Å²) in [6, 6.07) is 1.46. The van der Waals surface area contributed by atoms with E-state index in [1.54, 1.807) is 0 Å². The van der Waals surface area contributed by atoms with E-state index in [2.05, 4.69) is 0 Å². The molecular weight excluding hydrogens is 263 g/mol. The minimum absolute atomic E-state index is 0.113. The minimum atomic E-state index is -4.56. The molecule has 0 atom stereocenters. The Bertz CT molecular complexity index is 506. The van der Waals surface area contributed by atoms with Gasteiger partial charge in [0.25, 0.3) is 5.56 Å². The molecule has 19 heavy (non-hydrogen) atoms. The molecule has 0 aliphatic rings. The van der Waals surface area contributed by atoms with Crippen LogP contribution < -0.4 is 5.56 Å². The first-order chi connectivity index (χ1) is 8.70. The van der Waals surface area contributed by atoms with Gasteiger partial charge in [-0.25, -0.2) is 0 Å². The van der Waals surface area contributed by atoms with Crippen LogP contribution in [0.15, 0.2) is 23.1 Å². The van der Waals surface area contributed by atoms with Crippen molar-refractivity contribution >= 4 is 5.97 Å². The molecule has 0 aromatic carbocycles. The summed E-state index contributed by atoms with van der Waals surface area (Å²) >= 11 is 0. The van der Waals surface area contributed by atoms with Crippen molar-refractivity contribution in [3.05, 3.63) is 34.2 Å². The maximum atomic E-state index is 12.5. The highest BCUT2D eigenvalue weighted by Gasteiger charge is 2.31. The molecule has 0 spiro atoms. The predicted molar refractivity (Wildman–Crippen MR) is 61.5 cm³/mol. The molecule has 0 unspecified atom stereocenters. The van der Waals surface area contributed by atoms with Gasteiger partial charge in [0.05, 0.1) is 12.2 Å². The lowest BCUT2D eigenvalue weighted by Gasteiger charge is -2.11. The lowest BCUT2D eigenvalue weighted by atomic mass is 10.2. The van der Waals surface area contributed by atoms with E-state index in [9.17, 15) is 22.8 Å². The largest absolute Gasteiger partial charge is 0.464 e. The predicted octanol–water partition coefficient (Wildman–Crippen LogP) is 2.07. The topological polar surface area (TPSA) is 48.3 Å². The van der Waals surface area contributed by atoms with E-state index in [4.69, 9.17) is 4.74 Å². The highest BCUT2D eigenvalue weighted by Crippen LogP contribution is 2.27. The van der Waals surface area contributed by atoms with E-state index in [1.807, 2.05) is 13.8 Å². The van der Waals surface area contributed by atoms with Gasteiger partial charge in [0.2, 0.25) is 0 Å². The van der Waals surface area contributed by atoms with Crippen molar-refractivity contribution in [3.63, 3.8) is 0 Å². The number of pyridine rings is 1. The van der Waals surface area contributed by atoms with Crippen molar-refractivity contribution in [2.45, 2.75) is 26.6 Å². The maximum Gasteiger partial charge on any atom is 0.417 e. The number of esters is 1.